The second kappa shape index (κ2) is 5.85. The van der Waals surface area contributed by atoms with Crippen LogP contribution in [0.25, 0.3) is 0 Å². The topological polar surface area (TPSA) is 74.7 Å². The van der Waals surface area contributed by atoms with Crippen molar-refractivity contribution in [2.45, 2.75) is 30.3 Å². The number of benzene rings is 1. The molecule has 2 atom stereocenters. The van der Waals surface area contributed by atoms with Gasteiger partial charge in [-0.15, -0.1) is 0 Å². The van der Waals surface area contributed by atoms with E-state index in [0.29, 0.717) is 25.3 Å². The van der Waals surface area contributed by atoms with E-state index in [0.717, 1.165) is 16.4 Å². The van der Waals surface area contributed by atoms with Crippen LogP contribution in [-0.4, -0.2) is 36.9 Å². The predicted molar refractivity (Wildman–Crippen MR) is 82.6 cm³/mol. The van der Waals surface area contributed by atoms with E-state index in [9.17, 15) is 31.5 Å². The summed E-state index contributed by atoms with van der Waals surface area (Å²) >= 11 is 5.71. The van der Waals surface area contributed by atoms with Crippen molar-refractivity contribution in [1.82, 2.24) is 4.31 Å². The van der Waals surface area contributed by atoms with Gasteiger partial charge in [-0.3, -0.25) is 4.79 Å². The van der Waals surface area contributed by atoms with Crippen molar-refractivity contribution in [1.29, 1.82) is 0 Å². The summed E-state index contributed by atoms with van der Waals surface area (Å²) in [6, 6.07) is 2.36. The Bertz CT molecular complexity index is 827. The summed E-state index contributed by atoms with van der Waals surface area (Å²) in [5, 5.41) is 9.39. The van der Waals surface area contributed by atoms with Crippen molar-refractivity contribution in [2.24, 2.45) is 11.3 Å². The molecule has 25 heavy (non-hydrogen) atoms. The fourth-order valence-corrected chi connectivity index (χ4v) is 5.89. The number of hydrogen-bond donors (Lipinski definition) is 1. The number of hydrogen-bond acceptors (Lipinski definition) is 3. The third-order valence-corrected chi connectivity index (χ3v) is 7.22. The third-order valence-electron chi connectivity index (χ3n) is 5.13. The second-order valence-electron chi connectivity index (χ2n) is 6.49. The standard InChI is InChI=1S/C15H15ClF3NO4S/c16-10-3-4-11(15(17,18)19)12(6-10)25(23,24)20-7-9-2-1-5-14(9,8-20)13(21)22/h3-4,6,9H,1-2,5,7-8H2,(H,21,22)/t9-,14+/m0/s1. The maximum absolute atomic E-state index is 13.2. The van der Waals surface area contributed by atoms with Crippen LogP contribution in [0.2, 0.25) is 5.02 Å². The molecular weight excluding hydrogens is 383 g/mol. The molecule has 1 saturated carbocycles. The number of nitrogens with zero attached hydrogens (tertiary/aromatic N) is 1. The highest BCUT2D eigenvalue weighted by Crippen LogP contribution is 2.50. The lowest BCUT2D eigenvalue weighted by atomic mass is 9.81. The molecule has 3 rings (SSSR count). The van der Waals surface area contributed by atoms with Gasteiger partial charge in [-0.1, -0.05) is 18.0 Å². The molecule has 0 radical (unpaired) electrons. The fourth-order valence-electron chi connectivity index (χ4n) is 3.86. The van der Waals surface area contributed by atoms with E-state index in [4.69, 9.17) is 11.6 Å². The molecule has 0 amide bonds. The largest absolute Gasteiger partial charge is 0.481 e. The molecule has 2 fully saturated rings. The van der Waals surface area contributed by atoms with Crippen LogP contribution in [-0.2, 0) is 21.0 Å². The molecule has 1 aromatic carbocycles. The van der Waals surface area contributed by atoms with Crippen LogP contribution in [0.1, 0.15) is 24.8 Å². The minimum atomic E-state index is -4.87. The summed E-state index contributed by atoms with van der Waals surface area (Å²) in [4.78, 5) is 10.7. The SMILES string of the molecule is O=C(O)[C@@]12CCC[C@H]1CN(S(=O)(=O)c1cc(Cl)ccc1C(F)(F)F)C2. The summed E-state index contributed by atoms with van der Waals surface area (Å²) in [6.07, 6.45) is -3.34. The molecule has 1 heterocycles. The van der Waals surface area contributed by atoms with Gasteiger partial charge in [0.05, 0.1) is 15.9 Å². The summed E-state index contributed by atoms with van der Waals surface area (Å²) < 4.78 is 66.1. The van der Waals surface area contributed by atoms with Crippen molar-refractivity contribution in [2.75, 3.05) is 13.1 Å². The maximum Gasteiger partial charge on any atom is 0.417 e. The van der Waals surface area contributed by atoms with E-state index in [1.807, 2.05) is 0 Å². The first kappa shape index (κ1) is 18.5. The molecule has 1 aliphatic heterocycles. The number of fused-ring (bicyclic) bond motifs is 1. The molecule has 138 valence electrons. The van der Waals surface area contributed by atoms with Crippen molar-refractivity contribution in [3.8, 4) is 0 Å². The first-order chi connectivity index (χ1) is 11.5. The van der Waals surface area contributed by atoms with Crippen LogP contribution in [0, 0.1) is 11.3 Å². The maximum atomic E-state index is 13.2. The molecule has 1 N–H and O–H groups in total. The van der Waals surface area contributed by atoms with E-state index in [-0.39, 0.29) is 18.1 Å². The molecule has 1 aromatic rings. The van der Waals surface area contributed by atoms with Gasteiger partial charge in [0, 0.05) is 18.1 Å². The highest BCUT2D eigenvalue weighted by atomic mass is 35.5. The fraction of sp³-hybridized carbons (Fsp3) is 0.533. The number of rotatable bonds is 3. The van der Waals surface area contributed by atoms with Crippen LogP contribution in [0.4, 0.5) is 13.2 Å². The quantitative estimate of drug-likeness (QED) is 0.849. The van der Waals surface area contributed by atoms with Gasteiger partial charge in [-0.2, -0.15) is 17.5 Å². The van der Waals surface area contributed by atoms with Crippen LogP contribution >= 0.6 is 11.6 Å². The monoisotopic (exact) mass is 397 g/mol. The van der Waals surface area contributed by atoms with Gasteiger partial charge in [-0.25, -0.2) is 8.42 Å². The molecule has 1 aliphatic carbocycles. The number of halogens is 4. The molecule has 1 saturated heterocycles. The Morgan fingerprint density at radius 3 is 2.60 bits per heavy atom. The molecule has 5 nitrogen and oxygen atoms in total. The number of alkyl halides is 3. The van der Waals surface area contributed by atoms with Crippen molar-refractivity contribution in [3.05, 3.63) is 28.8 Å². The summed E-state index contributed by atoms with van der Waals surface area (Å²) in [5.41, 5.74) is -2.53. The molecule has 0 spiro atoms. The van der Waals surface area contributed by atoms with Crippen LogP contribution < -0.4 is 0 Å². The number of carboxylic acids is 1. The van der Waals surface area contributed by atoms with E-state index >= 15 is 0 Å². The van der Waals surface area contributed by atoms with Crippen molar-refractivity contribution < 1.29 is 31.5 Å². The minimum absolute atomic E-state index is 0.0988. The van der Waals surface area contributed by atoms with E-state index in [1.54, 1.807) is 0 Å². The van der Waals surface area contributed by atoms with Crippen LogP contribution in [0.15, 0.2) is 23.1 Å². The zero-order valence-corrected chi connectivity index (χ0v) is 14.5. The smallest absolute Gasteiger partial charge is 0.417 e. The number of sulfonamides is 1. The lowest BCUT2D eigenvalue weighted by Crippen LogP contribution is -2.37. The highest BCUT2D eigenvalue weighted by molar-refractivity contribution is 7.89. The van der Waals surface area contributed by atoms with E-state index < -0.39 is 44.0 Å². The average molecular weight is 398 g/mol. The Morgan fingerprint density at radius 1 is 1.36 bits per heavy atom. The first-order valence-corrected chi connectivity index (χ1v) is 9.40. The Morgan fingerprint density at radius 2 is 2.04 bits per heavy atom. The van der Waals surface area contributed by atoms with Gasteiger partial charge in [-0.05, 0) is 37.0 Å². The summed E-state index contributed by atoms with van der Waals surface area (Å²) in [7, 11) is -4.52. The van der Waals surface area contributed by atoms with Crippen molar-refractivity contribution >= 4 is 27.6 Å². The summed E-state index contributed by atoms with van der Waals surface area (Å²) in [6.45, 7) is -0.419. The number of aliphatic carboxylic acids is 1. The lowest BCUT2D eigenvalue weighted by molar-refractivity contribution is -0.149. The number of carboxylic acid groups (broad SMARTS) is 1. The third kappa shape index (κ3) is 2.92. The zero-order valence-electron chi connectivity index (χ0n) is 12.9. The van der Waals surface area contributed by atoms with E-state index in [1.165, 1.54) is 0 Å². The zero-order chi connectivity index (χ0) is 18.6. The highest BCUT2D eigenvalue weighted by Gasteiger charge is 2.57. The molecular formula is C15H15ClF3NO4S. The van der Waals surface area contributed by atoms with Gasteiger partial charge < -0.3 is 5.11 Å². The Hall–Kier alpha value is -1.32. The van der Waals surface area contributed by atoms with Crippen LogP contribution in [0.3, 0.4) is 0 Å². The molecule has 0 bridgehead atoms. The molecule has 0 aromatic heterocycles. The predicted octanol–water partition coefficient (Wildman–Crippen LogP) is 3.23. The van der Waals surface area contributed by atoms with Gasteiger partial charge in [0.1, 0.15) is 0 Å². The average Bonchev–Trinajstić information content (AvgIpc) is 3.03. The second-order valence-corrected chi connectivity index (χ2v) is 8.83. The number of carbonyl (C=O) groups is 1. The Labute approximate surface area is 147 Å². The summed E-state index contributed by atoms with van der Waals surface area (Å²) in [5.74, 6) is -1.50. The Balaban J connectivity index is 2.05. The van der Waals surface area contributed by atoms with E-state index in [2.05, 4.69) is 0 Å². The van der Waals surface area contributed by atoms with Gasteiger partial charge in [0.25, 0.3) is 0 Å². The molecule has 10 heteroatoms. The first-order valence-electron chi connectivity index (χ1n) is 7.59. The molecule has 0 unspecified atom stereocenters. The lowest BCUT2D eigenvalue weighted by Gasteiger charge is -2.24. The minimum Gasteiger partial charge on any atom is -0.481 e. The van der Waals surface area contributed by atoms with Crippen molar-refractivity contribution in [3.63, 3.8) is 0 Å². The molecule has 2 aliphatic rings. The van der Waals surface area contributed by atoms with Gasteiger partial charge >= 0.3 is 12.1 Å². The van der Waals surface area contributed by atoms with Crippen LogP contribution in [0.5, 0.6) is 0 Å². The van der Waals surface area contributed by atoms with Gasteiger partial charge in [0.2, 0.25) is 10.0 Å². The normalized spacial score (nSPS) is 27.4. The Kier molecular flexibility index (Phi) is 4.32. The van der Waals surface area contributed by atoms with Gasteiger partial charge in [0.15, 0.2) is 0 Å².